The van der Waals surface area contributed by atoms with Crippen molar-refractivity contribution in [2.45, 2.75) is 32.2 Å². The molecule has 25 heavy (non-hydrogen) atoms. The molecule has 1 heterocycles. The first-order valence-electron chi connectivity index (χ1n) is 9.22. The minimum absolute atomic E-state index is 0.350. The van der Waals surface area contributed by atoms with Crippen molar-refractivity contribution in [3.05, 3.63) is 42.0 Å². The van der Waals surface area contributed by atoms with Gasteiger partial charge in [0.1, 0.15) is 5.75 Å². The van der Waals surface area contributed by atoms with Crippen molar-refractivity contribution in [2.24, 2.45) is 4.99 Å². The summed E-state index contributed by atoms with van der Waals surface area (Å²) in [5.74, 6) is 1.76. The van der Waals surface area contributed by atoms with Gasteiger partial charge in [-0.05, 0) is 57.0 Å². The largest absolute Gasteiger partial charge is 0.497 e. The number of nitrogens with zero attached hydrogens (tertiary/aromatic N) is 2. The van der Waals surface area contributed by atoms with Crippen LogP contribution in [0.1, 0.15) is 37.8 Å². The zero-order valence-corrected chi connectivity index (χ0v) is 15.8. The Balaban J connectivity index is 1.97. The second kappa shape index (κ2) is 10.8. The first kappa shape index (κ1) is 19.3. The Labute approximate surface area is 152 Å². The normalized spacial score (nSPS) is 17.0. The molecule has 0 bridgehead atoms. The predicted molar refractivity (Wildman–Crippen MR) is 105 cm³/mol. The fourth-order valence-electron chi connectivity index (χ4n) is 3.19. The summed E-state index contributed by atoms with van der Waals surface area (Å²) in [7, 11) is 3.53. The number of ether oxygens (including phenoxy) is 1. The Bertz CT molecular complexity index is 547. The second-order valence-electron chi connectivity index (χ2n) is 6.27. The van der Waals surface area contributed by atoms with Crippen LogP contribution in [-0.2, 0) is 0 Å². The molecule has 0 amide bonds. The third-order valence-electron chi connectivity index (χ3n) is 4.61. The van der Waals surface area contributed by atoms with E-state index in [0.717, 1.165) is 44.3 Å². The van der Waals surface area contributed by atoms with Crippen LogP contribution in [0.5, 0.6) is 5.75 Å². The molecule has 2 N–H and O–H groups in total. The third kappa shape index (κ3) is 6.09. The van der Waals surface area contributed by atoms with Crippen molar-refractivity contribution in [1.82, 2.24) is 15.5 Å². The van der Waals surface area contributed by atoms with Gasteiger partial charge in [0.25, 0.3) is 0 Å². The zero-order valence-electron chi connectivity index (χ0n) is 15.8. The Hall–Kier alpha value is -2.01. The number of methoxy groups -OCH3 is 1. The molecule has 1 saturated heterocycles. The van der Waals surface area contributed by atoms with Crippen molar-refractivity contribution < 1.29 is 4.74 Å². The number of hydrogen-bond donors (Lipinski definition) is 2. The molecule has 0 aromatic heterocycles. The van der Waals surface area contributed by atoms with Gasteiger partial charge in [0.15, 0.2) is 5.96 Å². The average molecular weight is 345 g/mol. The lowest BCUT2D eigenvalue weighted by atomic mass is 10.1. The average Bonchev–Trinajstić information content (AvgIpc) is 3.18. The highest BCUT2D eigenvalue weighted by Gasteiger charge is 2.23. The molecule has 0 radical (unpaired) electrons. The van der Waals surface area contributed by atoms with Crippen LogP contribution in [0.15, 0.2) is 41.4 Å². The quantitative estimate of drug-likeness (QED) is 0.329. The van der Waals surface area contributed by atoms with Gasteiger partial charge in [0.05, 0.1) is 13.2 Å². The Kier molecular flexibility index (Phi) is 8.32. The summed E-state index contributed by atoms with van der Waals surface area (Å²) in [4.78, 5) is 6.89. The standard InChI is InChI=1S/C20H32N4O/c1-4-5-6-13-22-20(21-2)23-16-19(24-14-7-8-15-24)17-9-11-18(25-3)12-10-17/h4-5,9-12,19H,6-8,13-16H2,1-3H3,(H2,21,22,23)/b5-4+. The van der Waals surface area contributed by atoms with Gasteiger partial charge in [0.2, 0.25) is 0 Å². The van der Waals surface area contributed by atoms with Gasteiger partial charge in [-0.1, -0.05) is 24.3 Å². The number of likely N-dealkylation sites (tertiary alicyclic amines) is 1. The fraction of sp³-hybridized carbons (Fsp3) is 0.550. The molecule has 0 aliphatic carbocycles. The van der Waals surface area contributed by atoms with E-state index in [1.54, 1.807) is 7.11 Å². The van der Waals surface area contributed by atoms with Crippen LogP contribution < -0.4 is 15.4 Å². The minimum atomic E-state index is 0.350. The van der Waals surface area contributed by atoms with Gasteiger partial charge in [-0.2, -0.15) is 0 Å². The molecule has 1 unspecified atom stereocenters. The first-order chi connectivity index (χ1) is 12.3. The van der Waals surface area contributed by atoms with Crippen LogP contribution in [-0.4, -0.2) is 51.2 Å². The molecule has 138 valence electrons. The molecular weight excluding hydrogens is 312 g/mol. The molecule has 1 fully saturated rings. The summed E-state index contributed by atoms with van der Waals surface area (Å²) in [5, 5.41) is 6.86. The van der Waals surface area contributed by atoms with Crippen molar-refractivity contribution in [3.8, 4) is 5.75 Å². The van der Waals surface area contributed by atoms with Gasteiger partial charge in [-0.25, -0.2) is 0 Å². The highest BCUT2D eigenvalue weighted by molar-refractivity contribution is 5.79. The molecule has 0 saturated carbocycles. The van der Waals surface area contributed by atoms with Gasteiger partial charge in [-0.3, -0.25) is 9.89 Å². The predicted octanol–water partition coefficient (Wildman–Crippen LogP) is 2.96. The zero-order chi connectivity index (χ0) is 17.9. The SMILES string of the molecule is C/C=C/CCNC(=NC)NCC(c1ccc(OC)cc1)N1CCCC1. The maximum Gasteiger partial charge on any atom is 0.191 e. The van der Waals surface area contributed by atoms with E-state index in [1.165, 1.54) is 18.4 Å². The monoisotopic (exact) mass is 344 g/mol. The van der Waals surface area contributed by atoms with Crippen molar-refractivity contribution in [1.29, 1.82) is 0 Å². The molecule has 5 nitrogen and oxygen atoms in total. The summed E-state index contributed by atoms with van der Waals surface area (Å²) in [6, 6.07) is 8.78. The number of aliphatic imine (C=N–C) groups is 1. The van der Waals surface area contributed by atoms with Crippen LogP contribution >= 0.6 is 0 Å². The molecule has 5 heteroatoms. The lowest BCUT2D eigenvalue weighted by Crippen LogP contribution is -2.42. The lowest BCUT2D eigenvalue weighted by molar-refractivity contribution is 0.245. The topological polar surface area (TPSA) is 48.9 Å². The van der Waals surface area contributed by atoms with E-state index in [9.17, 15) is 0 Å². The summed E-state index contributed by atoms with van der Waals surface area (Å²) in [6.45, 7) is 6.09. The number of benzene rings is 1. The maximum atomic E-state index is 5.29. The van der Waals surface area contributed by atoms with Crippen molar-refractivity contribution in [3.63, 3.8) is 0 Å². The van der Waals surface area contributed by atoms with E-state index >= 15 is 0 Å². The van der Waals surface area contributed by atoms with E-state index in [0.29, 0.717) is 6.04 Å². The van der Waals surface area contributed by atoms with Gasteiger partial charge in [-0.15, -0.1) is 0 Å². The molecule has 1 aliphatic rings. The molecule has 0 spiro atoms. The summed E-state index contributed by atoms with van der Waals surface area (Å²) < 4.78 is 5.29. The van der Waals surface area contributed by atoms with Gasteiger partial charge in [0, 0.05) is 20.1 Å². The Morgan fingerprint density at radius 3 is 2.56 bits per heavy atom. The summed E-state index contributed by atoms with van der Waals surface area (Å²) in [6.07, 6.45) is 7.80. The van der Waals surface area contributed by atoms with Crippen LogP contribution in [0.3, 0.4) is 0 Å². The molecule has 1 aromatic rings. The first-order valence-corrected chi connectivity index (χ1v) is 9.22. The summed E-state index contributed by atoms with van der Waals surface area (Å²) >= 11 is 0. The number of nitrogens with one attached hydrogen (secondary N) is 2. The number of rotatable bonds is 8. The number of guanidine groups is 1. The molecule has 1 aliphatic heterocycles. The van der Waals surface area contributed by atoms with E-state index in [4.69, 9.17) is 4.74 Å². The van der Waals surface area contributed by atoms with Crippen LogP contribution in [0, 0.1) is 0 Å². The number of allylic oxidation sites excluding steroid dienone is 1. The van der Waals surface area contributed by atoms with E-state index in [1.807, 2.05) is 26.1 Å². The fourth-order valence-corrected chi connectivity index (χ4v) is 3.19. The van der Waals surface area contributed by atoms with E-state index in [2.05, 4.69) is 44.8 Å². The molecule has 1 aromatic carbocycles. The van der Waals surface area contributed by atoms with E-state index in [-0.39, 0.29) is 0 Å². The van der Waals surface area contributed by atoms with E-state index < -0.39 is 0 Å². The van der Waals surface area contributed by atoms with Crippen LogP contribution in [0.25, 0.3) is 0 Å². The third-order valence-corrected chi connectivity index (χ3v) is 4.61. The lowest BCUT2D eigenvalue weighted by Gasteiger charge is -2.29. The Morgan fingerprint density at radius 1 is 1.24 bits per heavy atom. The Morgan fingerprint density at radius 2 is 1.96 bits per heavy atom. The van der Waals surface area contributed by atoms with Crippen molar-refractivity contribution in [2.75, 3.05) is 40.3 Å². The minimum Gasteiger partial charge on any atom is -0.497 e. The van der Waals surface area contributed by atoms with Crippen LogP contribution in [0.4, 0.5) is 0 Å². The van der Waals surface area contributed by atoms with Gasteiger partial charge < -0.3 is 15.4 Å². The highest BCUT2D eigenvalue weighted by atomic mass is 16.5. The van der Waals surface area contributed by atoms with Crippen LogP contribution in [0.2, 0.25) is 0 Å². The molecular formula is C20H32N4O. The molecule has 1 atom stereocenters. The summed E-state index contributed by atoms with van der Waals surface area (Å²) in [5.41, 5.74) is 1.32. The second-order valence-corrected chi connectivity index (χ2v) is 6.27. The number of hydrogen-bond acceptors (Lipinski definition) is 3. The smallest absolute Gasteiger partial charge is 0.191 e. The van der Waals surface area contributed by atoms with Crippen molar-refractivity contribution >= 4 is 5.96 Å². The molecule has 2 rings (SSSR count). The highest BCUT2D eigenvalue weighted by Crippen LogP contribution is 2.26. The van der Waals surface area contributed by atoms with Gasteiger partial charge >= 0.3 is 0 Å². The maximum absolute atomic E-state index is 5.29.